The van der Waals surface area contributed by atoms with E-state index in [1.165, 1.54) is 0 Å². The van der Waals surface area contributed by atoms with E-state index in [0.29, 0.717) is 13.0 Å². The molecule has 1 aromatic heterocycles. The zero-order valence-electron chi connectivity index (χ0n) is 8.79. The van der Waals surface area contributed by atoms with Gasteiger partial charge >= 0.3 is 0 Å². The first-order valence-corrected chi connectivity index (χ1v) is 5.04. The summed E-state index contributed by atoms with van der Waals surface area (Å²) in [6, 6.07) is 7.96. The molecule has 0 aliphatic heterocycles. The molecule has 0 saturated carbocycles. The van der Waals surface area contributed by atoms with E-state index in [-0.39, 0.29) is 0 Å². The van der Waals surface area contributed by atoms with E-state index in [0.717, 1.165) is 22.6 Å². The number of rotatable bonds is 4. The predicted octanol–water partition coefficient (Wildman–Crippen LogP) is 2.66. The lowest BCUT2D eigenvalue weighted by Crippen LogP contribution is -1.96. The van der Waals surface area contributed by atoms with E-state index < -0.39 is 0 Å². The Kier molecular flexibility index (Phi) is 2.72. The van der Waals surface area contributed by atoms with Gasteiger partial charge in [0.05, 0.1) is 29.8 Å². The second-order valence-electron chi connectivity index (χ2n) is 3.35. The molecule has 0 bridgehead atoms. The van der Waals surface area contributed by atoms with Gasteiger partial charge in [0, 0.05) is 0 Å². The lowest BCUT2D eigenvalue weighted by atomic mass is 10.3. The summed E-state index contributed by atoms with van der Waals surface area (Å²) >= 11 is 0. The van der Waals surface area contributed by atoms with Gasteiger partial charge < -0.3 is 9.72 Å². The van der Waals surface area contributed by atoms with Crippen molar-refractivity contribution in [3.8, 4) is 0 Å². The molecule has 0 fully saturated rings. The molecule has 0 amide bonds. The number of hydrogen-bond donors (Lipinski definition) is 1. The van der Waals surface area contributed by atoms with Crippen molar-refractivity contribution in [3.63, 3.8) is 0 Å². The Labute approximate surface area is 88.8 Å². The standard InChI is InChI=1S/C12H14N2O/c1-3-15-9(2)8-12-13-10-6-4-5-7-11(10)14-12/h4-7H,2-3,8H2,1H3,(H,13,14). The molecule has 0 unspecified atom stereocenters. The molecular weight excluding hydrogens is 188 g/mol. The van der Waals surface area contributed by atoms with Gasteiger partial charge in [-0.25, -0.2) is 4.98 Å². The fourth-order valence-electron chi connectivity index (χ4n) is 1.53. The Hall–Kier alpha value is -1.77. The molecule has 0 aliphatic carbocycles. The third kappa shape index (κ3) is 2.18. The SMILES string of the molecule is C=C(Cc1nc2ccccc2[nH]1)OCC. The number of hydrogen-bond acceptors (Lipinski definition) is 2. The van der Waals surface area contributed by atoms with E-state index >= 15 is 0 Å². The van der Waals surface area contributed by atoms with Crippen molar-refractivity contribution in [2.24, 2.45) is 0 Å². The number of fused-ring (bicyclic) bond motifs is 1. The molecule has 1 aromatic carbocycles. The van der Waals surface area contributed by atoms with Crippen LogP contribution in [0.25, 0.3) is 11.0 Å². The van der Waals surface area contributed by atoms with E-state index in [1.807, 2.05) is 31.2 Å². The first-order chi connectivity index (χ1) is 7.29. The number of aromatic nitrogens is 2. The highest BCUT2D eigenvalue weighted by molar-refractivity contribution is 5.74. The number of aromatic amines is 1. The Bertz CT molecular complexity index is 440. The van der Waals surface area contributed by atoms with Crippen LogP contribution in [0.4, 0.5) is 0 Å². The number of allylic oxidation sites excluding steroid dienone is 1. The average Bonchev–Trinajstić information content (AvgIpc) is 2.59. The lowest BCUT2D eigenvalue weighted by Gasteiger charge is -2.03. The van der Waals surface area contributed by atoms with Gasteiger partial charge in [-0.15, -0.1) is 0 Å². The second-order valence-corrected chi connectivity index (χ2v) is 3.35. The molecule has 0 saturated heterocycles. The molecule has 2 aromatic rings. The van der Waals surface area contributed by atoms with Crippen LogP contribution in [0.1, 0.15) is 12.7 Å². The van der Waals surface area contributed by atoms with Crippen LogP contribution in [0.2, 0.25) is 0 Å². The second kappa shape index (κ2) is 4.17. The number of ether oxygens (including phenoxy) is 1. The van der Waals surface area contributed by atoms with Gasteiger partial charge in [0.2, 0.25) is 0 Å². The van der Waals surface area contributed by atoms with Crippen LogP contribution in [0.3, 0.4) is 0 Å². The van der Waals surface area contributed by atoms with Crippen LogP contribution in [0, 0.1) is 0 Å². The van der Waals surface area contributed by atoms with E-state index in [4.69, 9.17) is 4.74 Å². The van der Waals surface area contributed by atoms with Gasteiger partial charge in [0.15, 0.2) is 0 Å². The van der Waals surface area contributed by atoms with E-state index in [1.54, 1.807) is 0 Å². The predicted molar refractivity (Wildman–Crippen MR) is 60.6 cm³/mol. The molecule has 15 heavy (non-hydrogen) atoms. The normalized spacial score (nSPS) is 10.5. The van der Waals surface area contributed by atoms with Crippen LogP contribution in [0.15, 0.2) is 36.6 Å². The molecule has 1 heterocycles. The highest BCUT2D eigenvalue weighted by Gasteiger charge is 2.03. The third-order valence-corrected chi connectivity index (χ3v) is 2.15. The van der Waals surface area contributed by atoms with Gasteiger partial charge in [0.1, 0.15) is 5.82 Å². The van der Waals surface area contributed by atoms with Crippen molar-refractivity contribution in [2.45, 2.75) is 13.3 Å². The first-order valence-electron chi connectivity index (χ1n) is 5.04. The number of nitrogens with one attached hydrogen (secondary N) is 1. The van der Waals surface area contributed by atoms with Crippen LogP contribution < -0.4 is 0 Å². The Balaban J connectivity index is 2.18. The molecule has 0 atom stereocenters. The summed E-state index contributed by atoms with van der Waals surface area (Å²) in [5.74, 6) is 1.64. The minimum Gasteiger partial charge on any atom is -0.498 e. The number of H-pyrrole nitrogens is 1. The van der Waals surface area contributed by atoms with Crippen molar-refractivity contribution in [1.82, 2.24) is 9.97 Å². The number of para-hydroxylation sites is 2. The summed E-state index contributed by atoms with van der Waals surface area (Å²) in [7, 11) is 0. The molecule has 0 aliphatic rings. The highest BCUT2D eigenvalue weighted by Crippen LogP contribution is 2.12. The molecule has 1 N–H and O–H groups in total. The summed E-state index contributed by atoms with van der Waals surface area (Å²) < 4.78 is 5.29. The Morgan fingerprint density at radius 2 is 2.27 bits per heavy atom. The van der Waals surface area contributed by atoms with Gasteiger partial charge in [-0.05, 0) is 19.1 Å². The maximum absolute atomic E-state index is 5.29. The Morgan fingerprint density at radius 1 is 1.47 bits per heavy atom. The van der Waals surface area contributed by atoms with Crippen molar-refractivity contribution in [3.05, 3.63) is 42.4 Å². The fraction of sp³-hybridized carbons (Fsp3) is 0.250. The van der Waals surface area contributed by atoms with Gasteiger partial charge in [-0.2, -0.15) is 0 Å². The van der Waals surface area contributed by atoms with E-state index in [9.17, 15) is 0 Å². The minimum absolute atomic E-state index is 0.641. The Morgan fingerprint density at radius 3 is 3.00 bits per heavy atom. The van der Waals surface area contributed by atoms with Gasteiger partial charge in [0.25, 0.3) is 0 Å². The summed E-state index contributed by atoms with van der Waals surface area (Å²) in [5, 5.41) is 0. The van der Waals surface area contributed by atoms with Crippen molar-refractivity contribution >= 4 is 11.0 Å². The number of imidazole rings is 1. The third-order valence-electron chi connectivity index (χ3n) is 2.15. The van der Waals surface area contributed by atoms with Crippen molar-refractivity contribution in [2.75, 3.05) is 6.61 Å². The molecular formula is C12H14N2O. The summed E-state index contributed by atoms with van der Waals surface area (Å²) in [5.41, 5.74) is 2.04. The maximum Gasteiger partial charge on any atom is 0.114 e. The van der Waals surface area contributed by atoms with Crippen LogP contribution >= 0.6 is 0 Å². The van der Waals surface area contributed by atoms with Crippen molar-refractivity contribution in [1.29, 1.82) is 0 Å². The topological polar surface area (TPSA) is 37.9 Å². The monoisotopic (exact) mass is 202 g/mol. The van der Waals surface area contributed by atoms with Crippen molar-refractivity contribution < 1.29 is 4.74 Å². The molecule has 78 valence electrons. The molecule has 3 nitrogen and oxygen atoms in total. The smallest absolute Gasteiger partial charge is 0.114 e. The molecule has 2 rings (SSSR count). The number of benzene rings is 1. The van der Waals surface area contributed by atoms with Crippen LogP contribution in [-0.4, -0.2) is 16.6 Å². The summed E-state index contributed by atoms with van der Waals surface area (Å²) in [6.45, 7) is 6.43. The summed E-state index contributed by atoms with van der Waals surface area (Å²) in [4.78, 5) is 7.67. The first kappa shape index (κ1) is 9.77. The van der Waals surface area contributed by atoms with Crippen LogP contribution in [0.5, 0.6) is 0 Å². The lowest BCUT2D eigenvalue weighted by molar-refractivity contribution is 0.224. The number of nitrogens with zero attached hydrogens (tertiary/aromatic N) is 1. The van der Waals surface area contributed by atoms with Crippen LogP contribution in [-0.2, 0) is 11.2 Å². The van der Waals surface area contributed by atoms with Gasteiger partial charge in [-0.3, -0.25) is 0 Å². The quantitative estimate of drug-likeness (QED) is 0.774. The van der Waals surface area contributed by atoms with E-state index in [2.05, 4.69) is 16.5 Å². The fourth-order valence-corrected chi connectivity index (χ4v) is 1.53. The largest absolute Gasteiger partial charge is 0.498 e. The minimum atomic E-state index is 0.641. The zero-order chi connectivity index (χ0) is 10.7. The van der Waals surface area contributed by atoms with Gasteiger partial charge in [-0.1, -0.05) is 18.7 Å². The average molecular weight is 202 g/mol. The molecule has 0 radical (unpaired) electrons. The summed E-state index contributed by atoms with van der Waals surface area (Å²) in [6.07, 6.45) is 0.641. The molecule has 3 heteroatoms. The maximum atomic E-state index is 5.29. The molecule has 0 spiro atoms. The zero-order valence-corrected chi connectivity index (χ0v) is 8.79. The highest BCUT2D eigenvalue weighted by atomic mass is 16.5.